The molecule has 8 heteroatoms. The van der Waals surface area contributed by atoms with Crippen LogP contribution in [-0.4, -0.2) is 39.2 Å². The highest BCUT2D eigenvalue weighted by Crippen LogP contribution is 2.25. The van der Waals surface area contributed by atoms with Gasteiger partial charge in [-0.3, -0.25) is 4.99 Å². The zero-order valence-corrected chi connectivity index (χ0v) is 19.3. The number of halogens is 3. The fourth-order valence-electron chi connectivity index (χ4n) is 3.30. The number of benzene rings is 1. The lowest BCUT2D eigenvalue weighted by atomic mass is 10.1. The maximum absolute atomic E-state index is 13.4. The number of rotatable bonds is 6. The summed E-state index contributed by atoms with van der Waals surface area (Å²) in [6, 6.07) is 6.26. The molecule has 1 aromatic carbocycles. The molecule has 0 saturated carbocycles. The summed E-state index contributed by atoms with van der Waals surface area (Å²) in [5.74, 6) is 0.0561. The largest absolute Gasteiger partial charge is 0.371 e. The number of thiophene rings is 1. The molecule has 2 atom stereocenters. The highest BCUT2D eigenvalue weighted by atomic mass is 127. The predicted molar refractivity (Wildman–Crippen MR) is 124 cm³/mol. The molecule has 3 rings (SSSR count). The fourth-order valence-corrected chi connectivity index (χ4v) is 4.08. The van der Waals surface area contributed by atoms with Gasteiger partial charge in [0.15, 0.2) is 17.6 Å². The van der Waals surface area contributed by atoms with Gasteiger partial charge in [0.2, 0.25) is 0 Å². The quantitative estimate of drug-likeness (QED) is 0.336. The molecule has 0 amide bonds. The minimum atomic E-state index is -0.803. The van der Waals surface area contributed by atoms with E-state index in [1.54, 1.807) is 24.5 Å². The third-order valence-corrected chi connectivity index (χ3v) is 5.73. The second-order valence-corrected chi connectivity index (χ2v) is 7.77. The second-order valence-electron chi connectivity index (χ2n) is 6.99. The van der Waals surface area contributed by atoms with Gasteiger partial charge in [-0.1, -0.05) is 6.92 Å². The molecule has 154 valence electrons. The molecule has 1 fully saturated rings. The van der Waals surface area contributed by atoms with Crippen molar-refractivity contribution in [2.45, 2.75) is 19.3 Å². The van der Waals surface area contributed by atoms with Crippen molar-refractivity contribution in [1.82, 2.24) is 10.6 Å². The van der Waals surface area contributed by atoms with E-state index in [2.05, 4.69) is 44.3 Å². The summed E-state index contributed by atoms with van der Waals surface area (Å²) in [4.78, 5) is 6.39. The molecule has 2 heterocycles. The van der Waals surface area contributed by atoms with E-state index < -0.39 is 11.6 Å². The number of hydrogen-bond acceptors (Lipinski definition) is 3. The Labute approximate surface area is 186 Å². The molecule has 1 aliphatic rings. The molecule has 28 heavy (non-hydrogen) atoms. The van der Waals surface area contributed by atoms with Gasteiger partial charge in [-0.25, -0.2) is 8.78 Å². The summed E-state index contributed by atoms with van der Waals surface area (Å²) in [6.07, 6.45) is 1.01. The lowest BCUT2D eigenvalue weighted by Gasteiger charge is -2.20. The summed E-state index contributed by atoms with van der Waals surface area (Å²) in [7, 11) is 1.77. The van der Waals surface area contributed by atoms with Gasteiger partial charge in [-0.05, 0) is 52.8 Å². The van der Waals surface area contributed by atoms with E-state index in [4.69, 9.17) is 0 Å². The topological polar surface area (TPSA) is 39.7 Å². The van der Waals surface area contributed by atoms with Gasteiger partial charge >= 0.3 is 0 Å². The Kier molecular flexibility index (Phi) is 8.94. The van der Waals surface area contributed by atoms with Gasteiger partial charge < -0.3 is 15.5 Å². The first-order valence-electron chi connectivity index (χ1n) is 9.23. The van der Waals surface area contributed by atoms with Crippen molar-refractivity contribution in [3.05, 3.63) is 52.2 Å². The molecule has 0 spiro atoms. The molecule has 4 nitrogen and oxygen atoms in total. The zero-order valence-electron chi connectivity index (χ0n) is 16.1. The Morgan fingerprint density at radius 3 is 2.79 bits per heavy atom. The van der Waals surface area contributed by atoms with E-state index in [1.165, 1.54) is 17.7 Å². The first-order chi connectivity index (χ1) is 13.1. The summed E-state index contributed by atoms with van der Waals surface area (Å²) in [6.45, 7) is 5.48. The van der Waals surface area contributed by atoms with Crippen molar-refractivity contribution in [3.8, 4) is 0 Å². The van der Waals surface area contributed by atoms with E-state index in [-0.39, 0.29) is 24.0 Å². The van der Waals surface area contributed by atoms with Crippen molar-refractivity contribution < 1.29 is 8.78 Å². The lowest BCUT2D eigenvalue weighted by Crippen LogP contribution is -2.41. The molecule has 2 N–H and O–H groups in total. The third-order valence-electron chi connectivity index (χ3n) is 5.02. The number of nitrogens with zero attached hydrogens (tertiary/aromatic N) is 2. The normalized spacial score (nSPS) is 17.9. The van der Waals surface area contributed by atoms with Crippen LogP contribution in [0.15, 0.2) is 40.0 Å². The monoisotopic (exact) mass is 520 g/mol. The van der Waals surface area contributed by atoms with Gasteiger partial charge in [0.25, 0.3) is 0 Å². The van der Waals surface area contributed by atoms with E-state index in [0.717, 1.165) is 44.2 Å². The summed E-state index contributed by atoms with van der Waals surface area (Å²) < 4.78 is 26.6. The van der Waals surface area contributed by atoms with Crippen LogP contribution in [0.25, 0.3) is 0 Å². The third kappa shape index (κ3) is 6.04. The number of hydrogen-bond donors (Lipinski definition) is 2. The first kappa shape index (κ1) is 22.9. The Hall–Kier alpha value is -1.42. The van der Waals surface area contributed by atoms with Gasteiger partial charge in [0.1, 0.15) is 0 Å². The Morgan fingerprint density at radius 1 is 1.29 bits per heavy atom. The van der Waals surface area contributed by atoms with Crippen LogP contribution < -0.4 is 15.5 Å². The van der Waals surface area contributed by atoms with Crippen LogP contribution in [0.5, 0.6) is 0 Å². The van der Waals surface area contributed by atoms with Crippen molar-refractivity contribution in [2.24, 2.45) is 10.9 Å². The maximum atomic E-state index is 13.4. The number of nitrogens with one attached hydrogen (secondary N) is 2. The molecular formula is C20H27F2IN4S. The van der Waals surface area contributed by atoms with Gasteiger partial charge in [0, 0.05) is 45.0 Å². The van der Waals surface area contributed by atoms with Crippen molar-refractivity contribution in [2.75, 3.05) is 38.1 Å². The van der Waals surface area contributed by atoms with Gasteiger partial charge in [0.05, 0.1) is 0 Å². The Balaban J connectivity index is 0.00000280. The molecule has 0 radical (unpaired) electrons. The Morgan fingerprint density at radius 2 is 2.11 bits per heavy atom. The van der Waals surface area contributed by atoms with Crippen molar-refractivity contribution in [3.63, 3.8) is 0 Å². The smallest absolute Gasteiger partial charge is 0.191 e. The van der Waals surface area contributed by atoms with Crippen molar-refractivity contribution in [1.29, 1.82) is 0 Å². The van der Waals surface area contributed by atoms with Gasteiger partial charge in [-0.2, -0.15) is 11.3 Å². The average Bonchev–Trinajstić information content (AvgIpc) is 3.36. The number of aliphatic imine (C=N–C) groups is 1. The first-order valence-corrected chi connectivity index (χ1v) is 10.2. The lowest BCUT2D eigenvalue weighted by molar-refractivity contribution is 0.508. The van der Waals surface area contributed by atoms with E-state index in [0.29, 0.717) is 11.8 Å². The highest BCUT2D eigenvalue weighted by Gasteiger charge is 2.23. The van der Waals surface area contributed by atoms with E-state index in [9.17, 15) is 8.78 Å². The minimum Gasteiger partial charge on any atom is -0.371 e. The van der Waals surface area contributed by atoms with Crippen LogP contribution in [-0.2, 0) is 0 Å². The Bertz CT molecular complexity index is 770. The van der Waals surface area contributed by atoms with Gasteiger partial charge in [-0.15, -0.1) is 24.0 Å². The predicted octanol–water partition coefficient (Wildman–Crippen LogP) is 4.44. The summed E-state index contributed by atoms with van der Waals surface area (Å²) in [5, 5.41) is 11.0. The number of guanidine groups is 1. The molecule has 1 aliphatic heterocycles. The molecule has 0 bridgehead atoms. The summed E-state index contributed by atoms with van der Waals surface area (Å²) in [5.41, 5.74) is 2.07. The van der Waals surface area contributed by atoms with E-state index in [1.807, 2.05) is 0 Å². The molecule has 0 aliphatic carbocycles. The zero-order chi connectivity index (χ0) is 19.2. The van der Waals surface area contributed by atoms with Crippen molar-refractivity contribution >= 4 is 47.0 Å². The maximum Gasteiger partial charge on any atom is 0.191 e. The van der Waals surface area contributed by atoms with Crippen LogP contribution in [0, 0.1) is 17.6 Å². The van der Waals surface area contributed by atoms with E-state index >= 15 is 0 Å². The molecule has 1 saturated heterocycles. The standard InChI is InChI=1S/C20H26F2N4S.HI/c1-14(16-6-8-27-13-16)10-24-20(23-2)25-11-15-5-7-26(12-15)17-3-4-18(21)19(22)9-17;/h3-4,6,8-9,13-15H,5,7,10-12H2,1-2H3,(H2,23,24,25);1H. The SMILES string of the molecule is CN=C(NCC1CCN(c2ccc(F)c(F)c2)C1)NCC(C)c1ccsc1.I. The van der Waals surface area contributed by atoms with Crippen LogP contribution in [0.2, 0.25) is 0 Å². The summed E-state index contributed by atoms with van der Waals surface area (Å²) >= 11 is 1.71. The molecule has 1 aromatic heterocycles. The highest BCUT2D eigenvalue weighted by molar-refractivity contribution is 14.0. The molecular weight excluding hydrogens is 493 g/mol. The second kappa shape index (κ2) is 10.9. The molecule has 2 unspecified atom stereocenters. The fraction of sp³-hybridized carbons (Fsp3) is 0.450. The molecule has 2 aromatic rings. The van der Waals surface area contributed by atoms with Crippen LogP contribution in [0.3, 0.4) is 0 Å². The van der Waals surface area contributed by atoms with Crippen LogP contribution in [0.1, 0.15) is 24.8 Å². The minimum absolute atomic E-state index is 0. The van der Waals surface area contributed by atoms with Crippen LogP contribution >= 0.6 is 35.3 Å². The average molecular weight is 520 g/mol. The number of anilines is 1. The van der Waals surface area contributed by atoms with Crippen LogP contribution in [0.4, 0.5) is 14.5 Å².